The number of nitriles is 2. The molecule has 0 amide bonds. The van der Waals surface area contributed by atoms with E-state index in [1.54, 1.807) is 7.11 Å². The minimum Gasteiger partial charge on any atom is -0.496 e. The monoisotopic (exact) mass is 546 g/mol. The molecule has 40 heavy (non-hydrogen) atoms. The molecule has 8 heteroatoms. The highest BCUT2D eigenvalue weighted by molar-refractivity contribution is 7.80. The van der Waals surface area contributed by atoms with Crippen LogP contribution < -0.4 is 4.74 Å². The number of methoxy groups -OCH3 is 1. The van der Waals surface area contributed by atoms with Gasteiger partial charge in [0, 0.05) is 37.7 Å². The second-order valence-corrected chi connectivity index (χ2v) is 11.2. The molecule has 3 aliphatic rings. The standard InChI is InChI=1S/C32H30N6OS/c1-39-27-15-9-8-14-26(27)28-31(18-33)20-36(16-24-10-4-2-5-11-24)21-32(28,19-34)30(40)38-23-37(22-35-29(31)38)17-25-12-6-3-7-13-25/h2-15,28H,16-17,20-23H2,1H3. The summed E-state index contributed by atoms with van der Waals surface area (Å²) < 4.78 is 5.78. The molecular weight excluding hydrogens is 516 g/mol. The normalized spacial score (nSPS) is 26.3. The molecule has 2 saturated heterocycles. The summed E-state index contributed by atoms with van der Waals surface area (Å²) >= 11 is 6.23. The molecule has 200 valence electrons. The Balaban J connectivity index is 1.48. The third kappa shape index (κ3) is 4.17. The number of hydrogen-bond acceptors (Lipinski definition) is 7. The minimum absolute atomic E-state index is 0.409. The highest BCUT2D eigenvalue weighted by Crippen LogP contribution is 2.59. The Morgan fingerprint density at radius 3 is 2.05 bits per heavy atom. The van der Waals surface area contributed by atoms with Crippen molar-refractivity contribution in [2.75, 3.05) is 33.5 Å². The van der Waals surface area contributed by atoms with E-state index >= 15 is 0 Å². The van der Waals surface area contributed by atoms with Gasteiger partial charge < -0.3 is 9.64 Å². The Morgan fingerprint density at radius 2 is 1.43 bits per heavy atom. The fourth-order valence-corrected chi connectivity index (χ4v) is 7.10. The largest absolute Gasteiger partial charge is 0.496 e. The van der Waals surface area contributed by atoms with Crippen molar-refractivity contribution in [1.29, 1.82) is 10.5 Å². The molecule has 2 fully saturated rings. The average molecular weight is 547 g/mol. The summed E-state index contributed by atoms with van der Waals surface area (Å²) in [4.78, 5) is 12.0. The predicted octanol–water partition coefficient (Wildman–Crippen LogP) is 4.79. The lowest BCUT2D eigenvalue weighted by atomic mass is 9.53. The molecule has 0 aromatic heterocycles. The topological polar surface area (TPSA) is 78.9 Å². The van der Waals surface area contributed by atoms with Crippen molar-refractivity contribution in [2.24, 2.45) is 15.8 Å². The number of para-hydroxylation sites is 1. The van der Waals surface area contributed by atoms with Crippen LogP contribution in [0.2, 0.25) is 0 Å². The highest BCUT2D eigenvalue weighted by Gasteiger charge is 2.68. The van der Waals surface area contributed by atoms with E-state index in [2.05, 4.69) is 46.2 Å². The molecule has 0 saturated carbocycles. The van der Waals surface area contributed by atoms with Gasteiger partial charge in [0.15, 0.2) is 0 Å². The lowest BCUT2D eigenvalue weighted by Gasteiger charge is -2.60. The number of hydrogen-bond donors (Lipinski definition) is 0. The second kappa shape index (κ2) is 10.5. The summed E-state index contributed by atoms with van der Waals surface area (Å²) in [6, 6.07) is 33.5. The van der Waals surface area contributed by atoms with Crippen LogP contribution in [0.5, 0.6) is 5.75 Å². The van der Waals surface area contributed by atoms with Gasteiger partial charge in [0.1, 0.15) is 27.4 Å². The van der Waals surface area contributed by atoms with E-state index in [4.69, 9.17) is 21.9 Å². The highest BCUT2D eigenvalue weighted by atomic mass is 32.1. The molecule has 3 heterocycles. The molecule has 7 nitrogen and oxygen atoms in total. The molecule has 0 aliphatic carbocycles. The molecule has 0 radical (unpaired) electrons. The number of likely N-dealkylation sites (tertiary alicyclic amines) is 1. The zero-order chi connectivity index (χ0) is 27.7. The van der Waals surface area contributed by atoms with Crippen LogP contribution in [-0.4, -0.2) is 59.1 Å². The first-order valence-corrected chi connectivity index (χ1v) is 13.8. The lowest BCUT2D eigenvalue weighted by molar-refractivity contribution is 0.0515. The van der Waals surface area contributed by atoms with E-state index in [1.807, 2.05) is 65.6 Å². The number of rotatable bonds is 6. The molecule has 3 aromatic carbocycles. The van der Waals surface area contributed by atoms with E-state index in [0.717, 1.165) is 11.1 Å². The van der Waals surface area contributed by atoms with Crippen LogP contribution in [0.3, 0.4) is 0 Å². The van der Waals surface area contributed by atoms with Gasteiger partial charge in [-0.1, -0.05) is 91.1 Å². The maximum Gasteiger partial charge on any atom is 0.136 e. The van der Waals surface area contributed by atoms with E-state index in [0.29, 0.717) is 56.1 Å². The molecule has 0 spiro atoms. The maximum absolute atomic E-state index is 11.1. The Hall–Kier alpha value is -4.08. The summed E-state index contributed by atoms with van der Waals surface area (Å²) in [5.74, 6) is 0.784. The van der Waals surface area contributed by atoms with Crippen molar-refractivity contribution in [2.45, 2.75) is 19.0 Å². The number of fused-ring (bicyclic) bond motifs is 4. The predicted molar refractivity (Wildman–Crippen MR) is 157 cm³/mol. The third-order valence-electron chi connectivity index (χ3n) is 8.32. The fourth-order valence-electron chi connectivity index (χ4n) is 6.73. The van der Waals surface area contributed by atoms with Gasteiger partial charge in [-0.25, -0.2) is 0 Å². The quantitative estimate of drug-likeness (QED) is 0.412. The molecule has 2 bridgehead atoms. The minimum atomic E-state index is -1.14. The summed E-state index contributed by atoms with van der Waals surface area (Å²) in [5.41, 5.74) is 0.888. The number of thiocarbonyl (C=S) groups is 1. The molecule has 0 N–H and O–H groups in total. The van der Waals surface area contributed by atoms with Crippen molar-refractivity contribution in [3.05, 3.63) is 102 Å². The van der Waals surface area contributed by atoms with Crippen LogP contribution in [0.25, 0.3) is 0 Å². The lowest BCUT2D eigenvalue weighted by Crippen LogP contribution is -2.73. The Morgan fingerprint density at radius 1 is 0.850 bits per heavy atom. The summed E-state index contributed by atoms with van der Waals surface area (Å²) in [7, 11) is 1.63. The SMILES string of the molecule is COc1ccccc1C1C2(C#N)CN(Cc3ccccc3)CC1(C#N)C1=NCN(Cc3ccccc3)CN1C2=S. The van der Waals surface area contributed by atoms with E-state index in [1.165, 1.54) is 5.56 Å². The first-order chi connectivity index (χ1) is 19.5. The van der Waals surface area contributed by atoms with Gasteiger partial charge in [0.25, 0.3) is 0 Å². The molecule has 3 aliphatic heterocycles. The maximum atomic E-state index is 11.1. The van der Waals surface area contributed by atoms with Crippen LogP contribution in [0.4, 0.5) is 0 Å². The Bertz CT molecular complexity index is 1530. The first-order valence-electron chi connectivity index (χ1n) is 13.4. The van der Waals surface area contributed by atoms with Crippen LogP contribution in [0.1, 0.15) is 22.6 Å². The zero-order valence-electron chi connectivity index (χ0n) is 22.4. The van der Waals surface area contributed by atoms with Crippen LogP contribution in [0, 0.1) is 33.5 Å². The van der Waals surface area contributed by atoms with Crippen molar-refractivity contribution in [3.63, 3.8) is 0 Å². The third-order valence-corrected chi connectivity index (χ3v) is 8.91. The van der Waals surface area contributed by atoms with Gasteiger partial charge in [0.05, 0.1) is 32.6 Å². The summed E-state index contributed by atoms with van der Waals surface area (Å²) in [6.45, 7) is 3.09. The van der Waals surface area contributed by atoms with Crippen molar-refractivity contribution in [1.82, 2.24) is 14.7 Å². The number of ether oxygens (including phenoxy) is 1. The van der Waals surface area contributed by atoms with Crippen LogP contribution in [0.15, 0.2) is 89.9 Å². The average Bonchev–Trinajstić information content (AvgIpc) is 3.00. The summed E-state index contributed by atoms with van der Waals surface area (Å²) in [5, 5.41) is 22.2. The van der Waals surface area contributed by atoms with Crippen molar-refractivity contribution < 1.29 is 4.74 Å². The molecule has 3 atom stereocenters. The Kier molecular flexibility index (Phi) is 6.85. The Labute approximate surface area is 240 Å². The number of amidine groups is 1. The van der Waals surface area contributed by atoms with Gasteiger partial charge in [-0.05, 0) is 17.2 Å². The van der Waals surface area contributed by atoms with E-state index in [9.17, 15) is 10.5 Å². The molecule has 6 rings (SSSR count). The van der Waals surface area contributed by atoms with Gasteiger partial charge in [-0.3, -0.25) is 14.8 Å². The van der Waals surface area contributed by atoms with Crippen LogP contribution >= 0.6 is 12.2 Å². The summed E-state index contributed by atoms with van der Waals surface area (Å²) in [6.07, 6.45) is 0. The molecular formula is C32H30N6OS. The van der Waals surface area contributed by atoms with Crippen molar-refractivity contribution in [3.8, 4) is 17.9 Å². The van der Waals surface area contributed by atoms with Gasteiger partial charge >= 0.3 is 0 Å². The first kappa shape index (κ1) is 26.2. The second-order valence-electron chi connectivity index (χ2n) is 10.8. The smallest absolute Gasteiger partial charge is 0.136 e. The van der Waals surface area contributed by atoms with E-state index < -0.39 is 16.7 Å². The molecule has 3 unspecified atom stereocenters. The number of piperidine rings is 2. The van der Waals surface area contributed by atoms with Gasteiger partial charge in [-0.15, -0.1) is 0 Å². The number of aliphatic imine (C=N–C) groups is 1. The zero-order valence-corrected chi connectivity index (χ0v) is 23.2. The van der Waals surface area contributed by atoms with E-state index in [-0.39, 0.29) is 0 Å². The van der Waals surface area contributed by atoms with Gasteiger partial charge in [-0.2, -0.15) is 10.5 Å². The number of benzene rings is 3. The molecule has 3 aromatic rings. The van der Waals surface area contributed by atoms with Crippen molar-refractivity contribution >= 4 is 23.0 Å². The number of nitrogens with zero attached hydrogens (tertiary/aromatic N) is 6. The van der Waals surface area contributed by atoms with Gasteiger partial charge in [0.2, 0.25) is 0 Å². The fraction of sp³-hybridized carbons (Fsp3) is 0.312. The van der Waals surface area contributed by atoms with Crippen LogP contribution in [-0.2, 0) is 13.1 Å².